The summed E-state index contributed by atoms with van der Waals surface area (Å²) in [7, 11) is 0. The Morgan fingerprint density at radius 2 is 1.78 bits per heavy atom. The maximum Gasteiger partial charge on any atom is 0.325 e. The van der Waals surface area contributed by atoms with Crippen molar-refractivity contribution in [3.05, 3.63) is 97.3 Å². The van der Waals surface area contributed by atoms with Crippen LogP contribution in [0.15, 0.2) is 58.3 Å². The largest absolute Gasteiger partial charge is 0.480 e. The zero-order chi connectivity index (χ0) is 32.9. The third-order valence-electron chi connectivity index (χ3n) is 9.81. The average Bonchev–Trinajstić information content (AvgIpc) is 3.30. The van der Waals surface area contributed by atoms with E-state index in [1.54, 1.807) is 6.92 Å². The van der Waals surface area contributed by atoms with E-state index in [1.165, 1.54) is 43.5 Å². The molecule has 1 heterocycles. The first-order valence-electron chi connectivity index (χ1n) is 15.6. The Bertz CT molecular complexity index is 1610. The smallest absolute Gasteiger partial charge is 0.325 e. The van der Waals surface area contributed by atoms with Crippen LogP contribution in [-0.2, 0) is 22.4 Å². The molecule has 0 aliphatic heterocycles. The molecule has 242 valence electrons. The highest BCUT2D eigenvalue weighted by molar-refractivity contribution is 5.73. The Balaban J connectivity index is 0.000000176. The molecule has 3 aliphatic rings. The molecule has 2 saturated carbocycles. The molecule has 6 N–H and O–H groups in total. The average molecular weight is 620 g/mol. The van der Waals surface area contributed by atoms with Gasteiger partial charge in [-0.3, -0.25) is 19.4 Å². The van der Waals surface area contributed by atoms with Crippen LogP contribution in [0.25, 0.3) is 0 Å². The monoisotopic (exact) mass is 619 g/mol. The molecule has 6 atom stereocenters. The van der Waals surface area contributed by atoms with Gasteiger partial charge < -0.3 is 25.7 Å². The molecule has 2 fully saturated rings. The molecule has 3 aromatic rings. The number of ether oxygens (including phenoxy) is 1. The maximum atomic E-state index is 11.2. The highest BCUT2D eigenvalue weighted by atomic mass is 16.5. The van der Waals surface area contributed by atoms with E-state index >= 15 is 0 Å². The number of esters is 1. The van der Waals surface area contributed by atoms with Crippen LogP contribution in [0.3, 0.4) is 0 Å². The van der Waals surface area contributed by atoms with Crippen LogP contribution in [0.1, 0.15) is 79.7 Å². The molecule has 1 aromatic heterocycles. The van der Waals surface area contributed by atoms with Gasteiger partial charge in [0.2, 0.25) is 0 Å². The van der Waals surface area contributed by atoms with Gasteiger partial charge in [-0.2, -0.15) is 0 Å². The molecule has 10 heteroatoms. The number of fused-ring (bicyclic) bond motifs is 5. The van der Waals surface area contributed by atoms with Gasteiger partial charge in [0.25, 0.3) is 5.56 Å². The zero-order valence-electron chi connectivity index (χ0n) is 26.5. The second kappa shape index (κ2) is 14.4. The van der Waals surface area contributed by atoms with Gasteiger partial charge in [-0.1, -0.05) is 42.8 Å². The number of carboxylic acid groups (broad SMARTS) is 1. The van der Waals surface area contributed by atoms with Crippen molar-refractivity contribution >= 4 is 11.9 Å². The number of aromatic amines is 2. The van der Waals surface area contributed by atoms with Gasteiger partial charge in [-0.25, -0.2) is 4.79 Å². The summed E-state index contributed by atoms with van der Waals surface area (Å²) in [6.45, 7) is 7.36. The fourth-order valence-electron chi connectivity index (χ4n) is 7.30. The van der Waals surface area contributed by atoms with Crippen molar-refractivity contribution < 1.29 is 24.5 Å². The Hall–Kier alpha value is -4.02. The number of aliphatic hydroxyl groups is 1. The maximum absolute atomic E-state index is 11.2. The summed E-state index contributed by atoms with van der Waals surface area (Å²) in [5, 5.41) is 19.0. The Labute approximate surface area is 263 Å². The van der Waals surface area contributed by atoms with Crippen molar-refractivity contribution in [1.82, 2.24) is 9.97 Å². The predicted molar refractivity (Wildman–Crippen MR) is 171 cm³/mol. The first-order valence-corrected chi connectivity index (χ1v) is 15.6. The van der Waals surface area contributed by atoms with Gasteiger partial charge in [0.15, 0.2) is 0 Å². The first kappa shape index (κ1) is 33.9. The van der Waals surface area contributed by atoms with E-state index in [9.17, 15) is 24.3 Å². The number of aliphatic hydroxyl groups excluding tert-OH is 1. The lowest BCUT2D eigenvalue weighted by Crippen LogP contribution is -2.43. The first-order chi connectivity index (χ1) is 21.3. The summed E-state index contributed by atoms with van der Waals surface area (Å²) in [6.07, 6.45) is 8.38. The number of nitrogens with one attached hydrogen (secondary N) is 2. The summed E-state index contributed by atoms with van der Waals surface area (Å²) in [4.78, 5) is 46.9. The van der Waals surface area contributed by atoms with E-state index in [1.807, 2.05) is 37.3 Å². The summed E-state index contributed by atoms with van der Waals surface area (Å²) in [5.41, 5.74) is 10.2. The van der Waals surface area contributed by atoms with E-state index in [-0.39, 0.29) is 23.0 Å². The van der Waals surface area contributed by atoms with Gasteiger partial charge in [0.1, 0.15) is 11.8 Å². The summed E-state index contributed by atoms with van der Waals surface area (Å²) in [5.74, 6) is 1.45. The Morgan fingerprint density at radius 1 is 1.07 bits per heavy atom. The third-order valence-corrected chi connectivity index (χ3v) is 9.81. The molecule has 0 unspecified atom stereocenters. The molecule has 0 amide bonds. The Morgan fingerprint density at radius 3 is 2.40 bits per heavy atom. The number of nitrogens with two attached hydrogens (primary N) is 1. The quantitative estimate of drug-likeness (QED) is 0.214. The number of hydrogen-bond donors (Lipinski definition) is 5. The van der Waals surface area contributed by atoms with Crippen LogP contribution in [0, 0.1) is 31.1 Å². The highest BCUT2D eigenvalue weighted by Crippen LogP contribution is 2.60. The molecule has 0 spiro atoms. The van der Waals surface area contributed by atoms with Crippen molar-refractivity contribution in [2.75, 3.05) is 0 Å². The number of hydrogen-bond acceptors (Lipinski definition) is 7. The predicted octanol–water partition coefficient (Wildman–Crippen LogP) is 4.15. The molecule has 10 nitrogen and oxygen atoms in total. The van der Waals surface area contributed by atoms with Crippen molar-refractivity contribution in [2.45, 2.75) is 90.7 Å². The number of carboxylic acids is 1. The fourth-order valence-corrected chi connectivity index (χ4v) is 7.30. The van der Waals surface area contributed by atoms with Gasteiger partial charge >= 0.3 is 17.6 Å². The molecule has 0 bridgehead atoms. The minimum atomic E-state index is -0.958. The van der Waals surface area contributed by atoms with Gasteiger partial charge in [-0.05, 0) is 111 Å². The molecule has 45 heavy (non-hydrogen) atoms. The van der Waals surface area contributed by atoms with E-state index < -0.39 is 17.7 Å². The van der Waals surface area contributed by atoms with Crippen LogP contribution in [0.5, 0.6) is 5.75 Å². The fraction of sp³-hybridized carbons (Fsp3) is 0.486. The van der Waals surface area contributed by atoms with E-state index in [4.69, 9.17) is 15.6 Å². The normalized spacial score (nSPS) is 25.1. The van der Waals surface area contributed by atoms with Crippen molar-refractivity contribution in [2.24, 2.45) is 23.0 Å². The lowest BCUT2D eigenvalue weighted by atomic mass is 9.55. The second-order valence-electron chi connectivity index (χ2n) is 12.9. The van der Waals surface area contributed by atoms with E-state index in [2.05, 4.69) is 29.0 Å². The van der Waals surface area contributed by atoms with Crippen LogP contribution >= 0.6 is 0 Å². The van der Waals surface area contributed by atoms with Gasteiger partial charge in [0.05, 0.1) is 6.10 Å². The SMILES string of the molecule is CC(=O)Oc1ccc2c(c1)CC[C@@H]1[C@H]3CC[C@@H](O)[C@]3(C)CC[C@@H]21.Cc1c[nH]c(=O)[nH]c1=O.Cc1ccc(C[C@@H](N)C(=O)O)cc1. The summed E-state index contributed by atoms with van der Waals surface area (Å²) >= 11 is 0. The number of carbonyl (C=O) groups is 2. The molecular formula is C35H45N3O7. The summed E-state index contributed by atoms with van der Waals surface area (Å²) in [6, 6.07) is 13.1. The van der Waals surface area contributed by atoms with E-state index in [0.717, 1.165) is 30.4 Å². The molecule has 0 radical (unpaired) electrons. The number of benzene rings is 2. The van der Waals surface area contributed by atoms with Crippen molar-refractivity contribution in [3.63, 3.8) is 0 Å². The molecule has 6 rings (SSSR count). The number of H-pyrrole nitrogens is 2. The van der Waals surface area contributed by atoms with Crippen molar-refractivity contribution in [3.8, 4) is 5.75 Å². The van der Waals surface area contributed by atoms with Crippen molar-refractivity contribution in [1.29, 1.82) is 0 Å². The van der Waals surface area contributed by atoms with Crippen LogP contribution in [-0.4, -0.2) is 44.3 Å². The topological polar surface area (TPSA) is 176 Å². The molecule has 3 aliphatic carbocycles. The number of aryl methyl sites for hydroxylation is 3. The minimum absolute atomic E-state index is 0.110. The molecule has 0 saturated heterocycles. The lowest BCUT2D eigenvalue weighted by Gasteiger charge is -2.50. The summed E-state index contributed by atoms with van der Waals surface area (Å²) < 4.78 is 5.24. The zero-order valence-corrected chi connectivity index (χ0v) is 26.5. The Kier molecular flexibility index (Phi) is 10.8. The molecular weight excluding hydrogens is 574 g/mol. The van der Waals surface area contributed by atoms with Crippen LogP contribution in [0.2, 0.25) is 0 Å². The second-order valence-corrected chi connectivity index (χ2v) is 12.9. The van der Waals surface area contributed by atoms with Gasteiger partial charge in [-0.15, -0.1) is 0 Å². The number of rotatable bonds is 4. The van der Waals surface area contributed by atoms with Gasteiger partial charge in [0, 0.05) is 18.7 Å². The van der Waals surface area contributed by atoms with E-state index in [0.29, 0.717) is 35.5 Å². The van der Waals surface area contributed by atoms with Crippen LogP contribution < -0.4 is 21.7 Å². The van der Waals surface area contributed by atoms with Crippen LogP contribution in [0.4, 0.5) is 0 Å². The highest BCUT2D eigenvalue weighted by Gasteiger charge is 2.54. The standard InChI is InChI=1S/C20H26O3.C10H13NO2.C5H6N2O2/c1-12(21)23-14-4-6-15-13(11-14)3-5-17-16(15)9-10-20(2)18(17)7-8-19(20)22;1-7-2-4-8(5-3-7)6-9(11)10(12)13;1-3-2-6-5(9)7-4(3)8/h4,6,11,16-19,22H,3,5,7-10H2,1-2H3;2-5,9H,6,11H2,1H3,(H,12,13);2H,1H3,(H2,6,7,8,9)/t16-,17-,18+,19+,20+;9-;/m01./s1. The minimum Gasteiger partial charge on any atom is -0.480 e. The molecule has 2 aromatic carbocycles. The number of aliphatic carboxylic acids is 1. The third kappa shape index (κ3) is 8.18. The number of aromatic nitrogens is 2. The number of carbonyl (C=O) groups excluding carboxylic acids is 1. The lowest BCUT2D eigenvalue weighted by molar-refractivity contribution is -0.138.